The van der Waals surface area contributed by atoms with Crippen LogP contribution in [0.1, 0.15) is 22.3 Å². The van der Waals surface area contributed by atoms with Crippen LogP contribution in [0.2, 0.25) is 0 Å². The lowest BCUT2D eigenvalue weighted by Crippen LogP contribution is -2.13. The Morgan fingerprint density at radius 1 is 1.10 bits per heavy atom. The maximum atomic E-state index is 12.5. The van der Waals surface area contributed by atoms with E-state index in [1.807, 2.05) is 68.4 Å². The zero-order chi connectivity index (χ0) is 22.4. The number of anilines is 2. The van der Waals surface area contributed by atoms with Crippen LogP contribution in [0, 0.1) is 6.92 Å². The predicted octanol–water partition coefficient (Wildman–Crippen LogP) is 4.23. The number of amides is 1. The molecule has 1 aromatic heterocycles. The predicted molar refractivity (Wildman–Crippen MR) is 121 cm³/mol. The summed E-state index contributed by atoms with van der Waals surface area (Å²) in [5, 5.41) is 11.7. The molecule has 0 atom stereocenters. The van der Waals surface area contributed by atoms with Crippen LogP contribution in [0.5, 0.6) is 5.75 Å². The van der Waals surface area contributed by atoms with Gasteiger partial charge >= 0.3 is 5.97 Å². The number of carboxylic acids is 1. The monoisotopic (exact) mass is 419 g/mol. The second kappa shape index (κ2) is 9.75. The molecule has 0 bridgehead atoms. The number of nitrogens with one attached hydrogen (secondary N) is 1. The highest BCUT2D eigenvalue weighted by Crippen LogP contribution is 2.34. The minimum Gasteiger partial charge on any atom is -0.493 e. The second-order valence-corrected chi connectivity index (χ2v) is 7.29. The SMILES string of the molecule is Cc1cnccc1C(=O)Nc1ccc(-c2cc(OCCC(=O)O)ccc2N(C)C)cc1. The number of hydrogen-bond donors (Lipinski definition) is 2. The Morgan fingerprint density at radius 3 is 2.48 bits per heavy atom. The third-order valence-electron chi connectivity index (χ3n) is 4.75. The summed E-state index contributed by atoms with van der Waals surface area (Å²) in [5.74, 6) is -0.479. The van der Waals surface area contributed by atoms with Gasteiger partial charge in [0.1, 0.15) is 5.75 Å². The average Bonchev–Trinajstić information content (AvgIpc) is 2.74. The van der Waals surface area contributed by atoms with Crippen molar-refractivity contribution in [2.24, 2.45) is 0 Å². The molecule has 1 amide bonds. The maximum Gasteiger partial charge on any atom is 0.306 e. The van der Waals surface area contributed by atoms with Crippen molar-refractivity contribution in [3.8, 4) is 16.9 Å². The molecule has 3 aromatic rings. The highest BCUT2D eigenvalue weighted by Gasteiger charge is 2.12. The van der Waals surface area contributed by atoms with Crippen molar-refractivity contribution in [3.05, 3.63) is 72.1 Å². The van der Waals surface area contributed by atoms with Crippen LogP contribution in [0.25, 0.3) is 11.1 Å². The molecule has 0 aliphatic heterocycles. The van der Waals surface area contributed by atoms with Gasteiger partial charge in [0.25, 0.3) is 5.91 Å². The molecule has 2 N–H and O–H groups in total. The van der Waals surface area contributed by atoms with Gasteiger partial charge in [0, 0.05) is 49.0 Å². The molecule has 0 aliphatic carbocycles. The van der Waals surface area contributed by atoms with Gasteiger partial charge in [0.05, 0.1) is 13.0 Å². The van der Waals surface area contributed by atoms with E-state index in [1.165, 1.54) is 0 Å². The number of carboxylic acid groups (broad SMARTS) is 1. The summed E-state index contributed by atoms with van der Waals surface area (Å²) in [6.45, 7) is 1.95. The molecular weight excluding hydrogens is 394 g/mol. The van der Waals surface area contributed by atoms with Gasteiger partial charge < -0.3 is 20.1 Å². The second-order valence-electron chi connectivity index (χ2n) is 7.29. The fourth-order valence-electron chi connectivity index (χ4n) is 3.14. The third-order valence-corrected chi connectivity index (χ3v) is 4.75. The molecule has 2 aromatic carbocycles. The van der Waals surface area contributed by atoms with Gasteiger partial charge in [-0.3, -0.25) is 14.6 Å². The van der Waals surface area contributed by atoms with E-state index in [9.17, 15) is 9.59 Å². The average molecular weight is 419 g/mol. The summed E-state index contributed by atoms with van der Waals surface area (Å²) < 4.78 is 5.59. The van der Waals surface area contributed by atoms with E-state index in [0.717, 1.165) is 22.4 Å². The number of hydrogen-bond acceptors (Lipinski definition) is 5. The summed E-state index contributed by atoms with van der Waals surface area (Å²) in [5.41, 5.74) is 4.97. The minimum absolute atomic E-state index is 0.0594. The van der Waals surface area contributed by atoms with Crippen LogP contribution in [-0.4, -0.2) is 42.7 Å². The first-order chi connectivity index (χ1) is 14.8. The third kappa shape index (κ3) is 5.60. The number of pyridine rings is 1. The molecule has 1 heterocycles. The first-order valence-electron chi connectivity index (χ1n) is 9.83. The van der Waals surface area contributed by atoms with Crippen LogP contribution in [0.4, 0.5) is 11.4 Å². The summed E-state index contributed by atoms with van der Waals surface area (Å²) in [4.78, 5) is 29.3. The molecule has 0 saturated carbocycles. The van der Waals surface area contributed by atoms with E-state index in [2.05, 4.69) is 10.3 Å². The number of rotatable bonds is 8. The standard InChI is InChI=1S/C24H25N3O4/c1-16-15-25-12-10-20(16)24(30)26-18-6-4-17(5-7-18)21-14-19(31-13-11-23(28)29)8-9-22(21)27(2)3/h4-10,12,14-15H,11,13H2,1-3H3,(H,26,30)(H,28,29). The van der Waals surface area contributed by atoms with E-state index >= 15 is 0 Å². The lowest BCUT2D eigenvalue weighted by Gasteiger charge is -2.19. The van der Waals surface area contributed by atoms with Crippen molar-refractivity contribution in [1.29, 1.82) is 0 Å². The highest BCUT2D eigenvalue weighted by atomic mass is 16.5. The van der Waals surface area contributed by atoms with Crippen LogP contribution in [0.3, 0.4) is 0 Å². The van der Waals surface area contributed by atoms with E-state index < -0.39 is 5.97 Å². The normalized spacial score (nSPS) is 10.4. The smallest absolute Gasteiger partial charge is 0.306 e. The van der Waals surface area contributed by atoms with Crippen LogP contribution in [-0.2, 0) is 4.79 Å². The number of carbonyl (C=O) groups is 2. The highest BCUT2D eigenvalue weighted by molar-refractivity contribution is 6.05. The van der Waals surface area contributed by atoms with Gasteiger partial charge in [0.15, 0.2) is 0 Å². The van der Waals surface area contributed by atoms with Gasteiger partial charge in [-0.05, 0) is 54.4 Å². The Morgan fingerprint density at radius 2 is 1.84 bits per heavy atom. The first kappa shape index (κ1) is 21.8. The molecule has 160 valence electrons. The van der Waals surface area contributed by atoms with Gasteiger partial charge in [-0.1, -0.05) is 12.1 Å². The molecular formula is C24H25N3O4. The minimum atomic E-state index is -0.898. The summed E-state index contributed by atoms with van der Waals surface area (Å²) in [7, 11) is 3.91. The number of carbonyl (C=O) groups excluding carboxylic acids is 1. The van der Waals surface area contributed by atoms with Gasteiger partial charge in [-0.15, -0.1) is 0 Å². The Balaban J connectivity index is 1.81. The Labute approximate surface area is 181 Å². The number of aliphatic carboxylic acids is 1. The number of ether oxygens (including phenoxy) is 1. The first-order valence-corrected chi connectivity index (χ1v) is 9.83. The largest absolute Gasteiger partial charge is 0.493 e. The van der Waals surface area contributed by atoms with E-state index in [4.69, 9.17) is 9.84 Å². The fraction of sp³-hybridized carbons (Fsp3) is 0.208. The Bertz CT molecular complexity index is 1080. The fourth-order valence-corrected chi connectivity index (χ4v) is 3.14. The van der Waals surface area contributed by atoms with E-state index in [-0.39, 0.29) is 18.9 Å². The molecule has 0 aliphatic rings. The molecule has 0 fully saturated rings. The van der Waals surface area contributed by atoms with E-state index in [0.29, 0.717) is 17.0 Å². The molecule has 0 saturated heterocycles. The number of benzene rings is 2. The number of nitrogens with zero attached hydrogens (tertiary/aromatic N) is 2. The lowest BCUT2D eigenvalue weighted by atomic mass is 10.0. The Hall–Kier alpha value is -3.87. The topological polar surface area (TPSA) is 91.8 Å². The molecule has 3 rings (SSSR count). The van der Waals surface area contributed by atoms with Crippen molar-refractivity contribution in [2.75, 3.05) is 30.9 Å². The molecule has 7 heteroatoms. The van der Waals surface area contributed by atoms with Crippen molar-refractivity contribution < 1.29 is 19.4 Å². The van der Waals surface area contributed by atoms with E-state index in [1.54, 1.807) is 18.5 Å². The summed E-state index contributed by atoms with van der Waals surface area (Å²) >= 11 is 0. The molecule has 7 nitrogen and oxygen atoms in total. The zero-order valence-electron chi connectivity index (χ0n) is 17.8. The van der Waals surface area contributed by atoms with Crippen LogP contribution >= 0.6 is 0 Å². The van der Waals surface area contributed by atoms with Gasteiger partial charge in [-0.2, -0.15) is 0 Å². The molecule has 0 unspecified atom stereocenters. The Kier molecular flexibility index (Phi) is 6.87. The maximum absolute atomic E-state index is 12.5. The quantitative estimate of drug-likeness (QED) is 0.568. The van der Waals surface area contributed by atoms with Gasteiger partial charge in [0.2, 0.25) is 0 Å². The molecule has 31 heavy (non-hydrogen) atoms. The zero-order valence-corrected chi connectivity index (χ0v) is 17.8. The summed E-state index contributed by atoms with van der Waals surface area (Å²) in [6, 6.07) is 14.9. The molecule has 0 spiro atoms. The molecule has 0 radical (unpaired) electrons. The van der Waals surface area contributed by atoms with Gasteiger partial charge in [-0.25, -0.2) is 0 Å². The van der Waals surface area contributed by atoms with Crippen molar-refractivity contribution >= 4 is 23.3 Å². The lowest BCUT2D eigenvalue weighted by molar-refractivity contribution is -0.137. The summed E-state index contributed by atoms with van der Waals surface area (Å²) in [6.07, 6.45) is 3.20. The number of aromatic nitrogens is 1. The van der Waals surface area contributed by atoms with Crippen LogP contribution in [0.15, 0.2) is 60.9 Å². The van der Waals surface area contributed by atoms with Crippen molar-refractivity contribution in [3.63, 3.8) is 0 Å². The number of aryl methyl sites for hydroxylation is 1. The van der Waals surface area contributed by atoms with Crippen molar-refractivity contribution in [2.45, 2.75) is 13.3 Å². The van der Waals surface area contributed by atoms with Crippen molar-refractivity contribution in [1.82, 2.24) is 4.98 Å². The van der Waals surface area contributed by atoms with Crippen LogP contribution < -0.4 is 15.0 Å².